The highest BCUT2D eigenvalue weighted by Crippen LogP contribution is 2.43. The molecule has 0 saturated carbocycles. The lowest BCUT2D eigenvalue weighted by molar-refractivity contribution is 0.00227. The van der Waals surface area contributed by atoms with Gasteiger partial charge >= 0.3 is 0 Å². The molecule has 1 aliphatic carbocycles. The summed E-state index contributed by atoms with van der Waals surface area (Å²) >= 11 is 0. The summed E-state index contributed by atoms with van der Waals surface area (Å²) in [5, 5.41) is 0. The first-order valence-corrected chi connectivity index (χ1v) is 9.35. The summed E-state index contributed by atoms with van der Waals surface area (Å²) in [5.41, 5.74) is 2.60. The molecular weight excluding hydrogens is 286 g/mol. The van der Waals surface area contributed by atoms with Gasteiger partial charge in [0.2, 0.25) is 0 Å². The molecule has 4 atom stereocenters. The van der Waals surface area contributed by atoms with E-state index in [-0.39, 0.29) is 17.9 Å². The topological polar surface area (TPSA) is 46.6 Å². The Labute approximate surface area is 127 Å². The number of likely N-dealkylation sites (N-methyl/N-ethyl adjacent to an activating group) is 1. The van der Waals surface area contributed by atoms with Gasteiger partial charge in [-0.15, -0.1) is 0 Å². The van der Waals surface area contributed by atoms with Gasteiger partial charge in [0.25, 0.3) is 10.1 Å². The van der Waals surface area contributed by atoms with Crippen molar-refractivity contribution >= 4 is 10.1 Å². The maximum atomic E-state index is 11.7. The van der Waals surface area contributed by atoms with E-state index in [1.165, 1.54) is 11.1 Å². The predicted octanol–water partition coefficient (Wildman–Crippen LogP) is 2.01. The van der Waals surface area contributed by atoms with Crippen LogP contribution in [0.3, 0.4) is 0 Å². The Kier molecular flexibility index (Phi) is 3.84. The van der Waals surface area contributed by atoms with Gasteiger partial charge < -0.3 is 4.90 Å². The summed E-state index contributed by atoms with van der Waals surface area (Å²) in [6.45, 7) is 2.96. The molecule has 1 fully saturated rings. The fraction of sp³-hybridized carbons (Fsp3) is 0.625. The van der Waals surface area contributed by atoms with Crippen molar-refractivity contribution in [2.75, 3.05) is 19.8 Å². The minimum Gasteiger partial charge on any atom is -0.302 e. The highest BCUT2D eigenvalue weighted by Gasteiger charge is 2.45. The maximum absolute atomic E-state index is 11.7. The molecule has 4 nitrogen and oxygen atoms in total. The SMILES string of the molecule is C[C@@H]1CN(C)[C@@H]2CCc3ccccc3[C@H]2[C@@H]1OS(C)(=O)=O. The van der Waals surface area contributed by atoms with E-state index >= 15 is 0 Å². The van der Waals surface area contributed by atoms with Crippen LogP contribution in [0.4, 0.5) is 0 Å². The van der Waals surface area contributed by atoms with Crippen molar-refractivity contribution in [3.8, 4) is 0 Å². The zero-order valence-corrected chi connectivity index (χ0v) is 13.6. The van der Waals surface area contributed by atoms with Crippen molar-refractivity contribution in [3.05, 3.63) is 35.4 Å². The first kappa shape index (κ1) is 15.0. The number of piperidine rings is 1. The third kappa shape index (κ3) is 2.87. The van der Waals surface area contributed by atoms with E-state index in [0.717, 1.165) is 25.6 Å². The lowest BCUT2D eigenvalue weighted by Crippen LogP contribution is -2.55. The molecule has 5 heteroatoms. The molecule has 116 valence electrons. The molecule has 1 aliphatic heterocycles. The first-order chi connectivity index (χ1) is 9.87. The van der Waals surface area contributed by atoms with Crippen LogP contribution >= 0.6 is 0 Å². The molecule has 2 aliphatic rings. The summed E-state index contributed by atoms with van der Waals surface area (Å²) in [6, 6.07) is 8.75. The Morgan fingerprint density at radius 1 is 1.29 bits per heavy atom. The number of nitrogens with zero attached hydrogens (tertiary/aromatic N) is 1. The van der Waals surface area contributed by atoms with Crippen molar-refractivity contribution < 1.29 is 12.6 Å². The van der Waals surface area contributed by atoms with Gasteiger partial charge in [-0.3, -0.25) is 4.18 Å². The molecule has 1 aromatic carbocycles. The molecule has 1 aromatic rings. The van der Waals surface area contributed by atoms with Gasteiger partial charge in [0.1, 0.15) is 0 Å². The molecule has 1 heterocycles. The predicted molar refractivity (Wildman–Crippen MR) is 82.8 cm³/mol. The van der Waals surface area contributed by atoms with Gasteiger partial charge in [-0.1, -0.05) is 31.2 Å². The van der Waals surface area contributed by atoms with Crippen LogP contribution in [0, 0.1) is 5.92 Å². The zero-order chi connectivity index (χ0) is 15.2. The average molecular weight is 309 g/mol. The summed E-state index contributed by atoms with van der Waals surface area (Å²) in [6.07, 6.45) is 3.01. The fourth-order valence-corrected chi connectivity index (χ4v) is 4.78. The van der Waals surface area contributed by atoms with Gasteiger partial charge in [0.05, 0.1) is 12.4 Å². The van der Waals surface area contributed by atoms with E-state index in [9.17, 15) is 8.42 Å². The van der Waals surface area contributed by atoms with E-state index in [4.69, 9.17) is 4.18 Å². The molecule has 0 unspecified atom stereocenters. The maximum Gasteiger partial charge on any atom is 0.264 e. The minimum atomic E-state index is -3.45. The third-order valence-corrected chi connectivity index (χ3v) is 5.45. The molecule has 0 N–H and O–H groups in total. The number of aryl methyl sites for hydroxylation is 1. The second-order valence-corrected chi connectivity index (χ2v) is 8.11. The van der Waals surface area contributed by atoms with Gasteiger partial charge in [-0.2, -0.15) is 8.42 Å². The van der Waals surface area contributed by atoms with Gasteiger partial charge in [-0.05, 0) is 36.9 Å². The number of fused-ring (bicyclic) bond motifs is 3. The Morgan fingerprint density at radius 2 is 2.00 bits per heavy atom. The number of hydrogen-bond acceptors (Lipinski definition) is 4. The summed E-state index contributed by atoms with van der Waals surface area (Å²) in [5.74, 6) is 0.329. The molecule has 0 spiro atoms. The second kappa shape index (κ2) is 5.38. The van der Waals surface area contributed by atoms with Crippen LogP contribution in [0.5, 0.6) is 0 Å². The van der Waals surface area contributed by atoms with Crippen molar-refractivity contribution in [1.82, 2.24) is 4.90 Å². The largest absolute Gasteiger partial charge is 0.302 e. The fourth-order valence-electron chi connectivity index (χ4n) is 4.07. The molecule has 0 bridgehead atoms. The van der Waals surface area contributed by atoms with E-state index in [1.807, 2.05) is 6.07 Å². The monoisotopic (exact) mass is 309 g/mol. The van der Waals surface area contributed by atoms with Crippen LogP contribution < -0.4 is 0 Å². The lowest BCUT2D eigenvalue weighted by atomic mass is 9.70. The number of rotatable bonds is 2. The molecule has 3 rings (SSSR count). The van der Waals surface area contributed by atoms with Crippen LogP contribution in [0.15, 0.2) is 24.3 Å². The van der Waals surface area contributed by atoms with Gasteiger partial charge in [0, 0.05) is 18.5 Å². The molecule has 0 aromatic heterocycles. The summed E-state index contributed by atoms with van der Waals surface area (Å²) < 4.78 is 28.9. The quantitative estimate of drug-likeness (QED) is 0.784. The highest BCUT2D eigenvalue weighted by atomic mass is 32.2. The normalized spacial score (nSPS) is 33.3. The lowest BCUT2D eigenvalue weighted by Gasteiger charge is -2.49. The van der Waals surface area contributed by atoms with E-state index in [1.54, 1.807) is 0 Å². The zero-order valence-electron chi connectivity index (χ0n) is 12.8. The van der Waals surface area contributed by atoms with Crippen molar-refractivity contribution in [2.24, 2.45) is 5.92 Å². The molecule has 0 radical (unpaired) electrons. The number of hydrogen-bond donors (Lipinski definition) is 0. The Bertz CT molecular complexity index is 628. The van der Waals surface area contributed by atoms with E-state index in [2.05, 4.69) is 37.1 Å². The number of likely N-dealkylation sites (tertiary alicyclic amines) is 1. The van der Waals surface area contributed by atoms with Crippen LogP contribution in [0.1, 0.15) is 30.4 Å². The van der Waals surface area contributed by atoms with Crippen molar-refractivity contribution in [3.63, 3.8) is 0 Å². The Hall–Kier alpha value is -0.910. The number of benzene rings is 1. The van der Waals surface area contributed by atoms with Crippen LogP contribution in [-0.4, -0.2) is 45.3 Å². The van der Waals surface area contributed by atoms with Crippen LogP contribution in [0.2, 0.25) is 0 Å². The minimum absolute atomic E-state index is 0.137. The molecule has 21 heavy (non-hydrogen) atoms. The van der Waals surface area contributed by atoms with Gasteiger partial charge in [-0.25, -0.2) is 0 Å². The Morgan fingerprint density at radius 3 is 2.71 bits per heavy atom. The Balaban J connectivity index is 2.04. The van der Waals surface area contributed by atoms with Crippen LogP contribution in [-0.2, 0) is 20.7 Å². The van der Waals surface area contributed by atoms with Crippen LogP contribution in [0.25, 0.3) is 0 Å². The summed E-state index contributed by atoms with van der Waals surface area (Å²) in [4.78, 5) is 2.37. The van der Waals surface area contributed by atoms with E-state index in [0.29, 0.717) is 6.04 Å². The van der Waals surface area contributed by atoms with Gasteiger partial charge in [0.15, 0.2) is 0 Å². The first-order valence-electron chi connectivity index (χ1n) is 7.53. The van der Waals surface area contributed by atoms with Crippen molar-refractivity contribution in [1.29, 1.82) is 0 Å². The average Bonchev–Trinajstić information content (AvgIpc) is 2.41. The molecule has 0 amide bonds. The van der Waals surface area contributed by atoms with E-state index < -0.39 is 10.1 Å². The molecule has 1 saturated heterocycles. The second-order valence-electron chi connectivity index (χ2n) is 6.51. The molecular formula is C16H23NO3S. The summed E-state index contributed by atoms with van der Waals surface area (Å²) in [7, 11) is -1.31. The highest BCUT2D eigenvalue weighted by molar-refractivity contribution is 7.86. The van der Waals surface area contributed by atoms with Crippen molar-refractivity contribution in [2.45, 2.75) is 37.8 Å². The standard InChI is InChI=1S/C16H23NO3S/c1-11-10-17(2)14-9-8-12-6-4-5-7-13(12)15(14)16(11)20-21(3,18)19/h4-7,11,14-16H,8-10H2,1-3H3/t11-,14-,15-,16-/m1/s1. The third-order valence-electron chi connectivity index (χ3n) is 4.88. The smallest absolute Gasteiger partial charge is 0.264 e.